The molecule has 0 spiro atoms. The fourth-order valence-electron chi connectivity index (χ4n) is 4.44. The van der Waals surface area contributed by atoms with Crippen LogP contribution in [0.2, 0.25) is 0 Å². The van der Waals surface area contributed by atoms with Gasteiger partial charge in [0.1, 0.15) is 0 Å². The van der Waals surface area contributed by atoms with Gasteiger partial charge in [0, 0.05) is 36.6 Å². The molecule has 3 aromatic rings. The third-order valence-electron chi connectivity index (χ3n) is 6.29. The van der Waals surface area contributed by atoms with Gasteiger partial charge in [0.2, 0.25) is 10.0 Å². The molecule has 176 valence electrons. The van der Waals surface area contributed by atoms with Crippen LogP contribution in [0.25, 0.3) is 0 Å². The van der Waals surface area contributed by atoms with Crippen molar-refractivity contribution >= 4 is 33.2 Å². The number of sulfonamides is 1. The number of amides is 2. The molecule has 34 heavy (non-hydrogen) atoms. The fourth-order valence-corrected chi connectivity index (χ4v) is 5.95. The third kappa shape index (κ3) is 4.24. The minimum absolute atomic E-state index is 0.190. The number of anilines is 2. The van der Waals surface area contributed by atoms with Crippen molar-refractivity contribution in [1.29, 1.82) is 0 Å². The molecule has 0 atom stereocenters. The van der Waals surface area contributed by atoms with Crippen LogP contribution in [0.15, 0.2) is 70.2 Å². The summed E-state index contributed by atoms with van der Waals surface area (Å²) in [5.41, 5.74) is 2.65. The van der Waals surface area contributed by atoms with E-state index in [0.29, 0.717) is 30.9 Å². The second-order valence-corrected chi connectivity index (χ2v) is 10.4. The Morgan fingerprint density at radius 1 is 0.912 bits per heavy atom. The molecule has 0 saturated carbocycles. The molecule has 3 heterocycles. The average Bonchev–Trinajstić information content (AvgIpc) is 3.55. The summed E-state index contributed by atoms with van der Waals surface area (Å²) in [5, 5.41) is 2.84. The molecule has 2 aliphatic rings. The van der Waals surface area contributed by atoms with Crippen LogP contribution in [0.1, 0.15) is 45.7 Å². The Morgan fingerprint density at radius 2 is 1.68 bits per heavy atom. The summed E-state index contributed by atoms with van der Waals surface area (Å²) in [6.07, 6.45) is 4.96. The Kier molecular flexibility index (Phi) is 5.97. The van der Waals surface area contributed by atoms with Crippen LogP contribution in [-0.4, -0.2) is 44.2 Å². The van der Waals surface area contributed by atoms with E-state index in [9.17, 15) is 18.0 Å². The standard InChI is InChI=1S/C25H25N3O5S/c29-24(19-7-10-21(11-8-19)34(31,32)27-13-2-1-3-14-27)26-20-9-6-18-12-15-28(22(18)17-20)25(30)23-5-4-16-33-23/h4-11,16-17H,1-3,12-15H2,(H,26,29). The predicted octanol–water partition coefficient (Wildman–Crippen LogP) is 3.91. The maximum atomic E-state index is 12.8. The number of rotatable bonds is 5. The van der Waals surface area contributed by atoms with E-state index >= 15 is 0 Å². The van der Waals surface area contributed by atoms with Crippen LogP contribution in [0.4, 0.5) is 11.4 Å². The average molecular weight is 480 g/mol. The zero-order valence-electron chi connectivity index (χ0n) is 18.6. The zero-order valence-corrected chi connectivity index (χ0v) is 19.4. The van der Waals surface area contributed by atoms with E-state index in [1.165, 1.54) is 34.8 Å². The van der Waals surface area contributed by atoms with Crippen LogP contribution >= 0.6 is 0 Å². The summed E-state index contributed by atoms with van der Waals surface area (Å²) in [6.45, 7) is 1.60. The Balaban J connectivity index is 1.30. The molecule has 8 nitrogen and oxygen atoms in total. The molecule has 0 aliphatic carbocycles. The quantitative estimate of drug-likeness (QED) is 0.598. The number of hydrogen-bond acceptors (Lipinski definition) is 5. The van der Waals surface area contributed by atoms with E-state index in [-0.39, 0.29) is 22.5 Å². The first-order valence-corrected chi connectivity index (χ1v) is 12.8. The number of nitrogens with zero attached hydrogens (tertiary/aromatic N) is 2. The Hall–Kier alpha value is -3.43. The molecule has 0 unspecified atom stereocenters. The molecular weight excluding hydrogens is 454 g/mol. The van der Waals surface area contributed by atoms with Gasteiger partial charge in [0.15, 0.2) is 5.76 Å². The number of piperidine rings is 1. The molecule has 1 saturated heterocycles. The van der Waals surface area contributed by atoms with Crippen LogP contribution in [0, 0.1) is 0 Å². The smallest absolute Gasteiger partial charge is 0.293 e. The van der Waals surface area contributed by atoms with Crippen LogP contribution in [0.5, 0.6) is 0 Å². The Labute approximate surface area is 198 Å². The van der Waals surface area contributed by atoms with Gasteiger partial charge in [0.25, 0.3) is 11.8 Å². The van der Waals surface area contributed by atoms with Gasteiger partial charge in [-0.2, -0.15) is 4.31 Å². The summed E-state index contributed by atoms with van der Waals surface area (Å²) in [6, 6.07) is 14.8. The van der Waals surface area contributed by atoms with E-state index in [4.69, 9.17) is 4.42 Å². The maximum absolute atomic E-state index is 12.8. The van der Waals surface area contributed by atoms with Crippen molar-refractivity contribution in [2.24, 2.45) is 0 Å². The molecule has 2 amide bonds. The fraction of sp³-hybridized carbons (Fsp3) is 0.280. The van der Waals surface area contributed by atoms with E-state index in [0.717, 1.165) is 36.9 Å². The van der Waals surface area contributed by atoms with E-state index in [1.54, 1.807) is 29.2 Å². The lowest BCUT2D eigenvalue weighted by atomic mass is 10.1. The van der Waals surface area contributed by atoms with Crippen molar-refractivity contribution in [3.63, 3.8) is 0 Å². The maximum Gasteiger partial charge on any atom is 0.293 e. The van der Waals surface area contributed by atoms with Gasteiger partial charge < -0.3 is 14.6 Å². The number of hydrogen-bond donors (Lipinski definition) is 1. The third-order valence-corrected chi connectivity index (χ3v) is 8.20. The highest BCUT2D eigenvalue weighted by molar-refractivity contribution is 7.89. The molecule has 0 radical (unpaired) electrons. The predicted molar refractivity (Wildman–Crippen MR) is 128 cm³/mol. The number of nitrogens with one attached hydrogen (secondary N) is 1. The van der Waals surface area contributed by atoms with Gasteiger partial charge in [-0.05, 0) is 73.4 Å². The summed E-state index contributed by atoms with van der Waals surface area (Å²) in [5.74, 6) is -0.316. The first kappa shape index (κ1) is 22.4. The lowest BCUT2D eigenvalue weighted by Crippen LogP contribution is -2.35. The second kappa shape index (κ2) is 9.08. The van der Waals surface area contributed by atoms with E-state index in [2.05, 4.69) is 5.32 Å². The highest BCUT2D eigenvalue weighted by atomic mass is 32.2. The van der Waals surface area contributed by atoms with Gasteiger partial charge >= 0.3 is 0 Å². The van der Waals surface area contributed by atoms with Crippen molar-refractivity contribution in [1.82, 2.24) is 4.31 Å². The number of fused-ring (bicyclic) bond motifs is 1. The molecule has 1 aromatic heterocycles. The molecule has 2 aromatic carbocycles. The van der Waals surface area contributed by atoms with Gasteiger partial charge in [-0.3, -0.25) is 9.59 Å². The minimum atomic E-state index is -3.55. The first-order valence-electron chi connectivity index (χ1n) is 11.3. The van der Waals surface area contributed by atoms with Crippen molar-refractivity contribution in [3.8, 4) is 0 Å². The molecule has 1 N–H and O–H groups in total. The summed E-state index contributed by atoms with van der Waals surface area (Å²) in [7, 11) is -3.55. The van der Waals surface area contributed by atoms with Crippen molar-refractivity contribution in [3.05, 3.63) is 77.7 Å². The normalized spacial score (nSPS) is 16.3. The highest BCUT2D eigenvalue weighted by Crippen LogP contribution is 2.32. The molecule has 2 aliphatic heterocycles. The second-order valence-electron chi connectivity index (χ2n) is 8.47. The first-order chi connectivity index (χ1) is 16.4. The van der Waals surface area contributed by atoms with Gasteiger partial charge in [-0.15, -0.1) is 0 Å². The van der Waals surface area contributed by atoms with Crippen molar-refractivity contribution in [2.75, 3.05) is 29.9 Å². The summed E-state index contributed by atoms with van der Waals surface area (Å²) in [4.78, 5) is 27.4. The number of carbonyl (C=O) groups is 2. The topological polar surface area (TPSA) is 99.9 Å². The number of furan rings is 1. The van der Waals surface area contributed by atoms with Gasteiger partial charge in [-0.1, -0.05) is 12.5 Å². The molecule has 9 heteroatoms. The number of carbonyl (C=O) groups excluding carboxylic acids is 2. The van der Waals surface area contributed by atoms with E-state index in [1.807, 2.05) is 6.07 Å². The zero-order chi connectivity index (χ0) is 23.7. The van der Waals surface area contributed by atoms with Gasteiger partial charge in [0.05, 0.1) is 11.2 Å². The van der Waals surface area contributed by atoms with Crippen molar-refractivity contribution in [2.45, 2.75) is 30.6 Å². The van der Waals surface area contributed by atoms with Crippen LogP contribution < -0.4 is 10.2 Å². The lowest BCUT2D eigenvalue weighted by molar-refractivity contribution is 0.0962. The molecule has 0 bridgehead atoms. The Morgan fingerprint density at radius 3 is 2.38 bits per heavy atom. The SMILES string of the molecule is O=C(Nc1ccc2c(c1)N(C(=O)c1ccco1)CC2)c1ccc(S(=O)(=O)N2CCCCC2)cc1. The number of benzene rings is 2. The molecule has 1 fully saturated rings. The summed E-state index contributed by atoms with van der Waals surface area (Å²) >= 11 is 0. The monoisotopic (exact) mass is 479 g/mol. The van der Waals surface area contributed by atoms with Crippen LogP contribution in [0.3, 0.4) is 0 Å². The highest BCUT2D eigenvalue weighted by Gasteiger charge is 2.28. The summed E-state index contributed by atoms with van der Waals surface area (Å²) < 4.78 is 32.4. The van der Waals surface area contributed by atoms with Crippen LogP contribution in [-0.2, 0) is 16.4 Å². The van der Waals surface area contributed by atoms with Gasteiger partial charge in [-0.25, -0.2) is 8.42 Å². The lowest BCUT2D eigenvalue weighted by Gasteiger charge is -2.25. The largest absolute Gasteiger partial charge is 0.459 e. The Bertz CT molecular complexity index is 1310. The van der Waals surface area contributed by atoms with E-state index < -0.39 is 10.0 Å². The molecular formula is C25H25N3O5S. The molecule has 5 rings (SSSR count). The van der Waals surface area contributed by atoms with Crippen molar-refractivity contribution < 1.29 is 22.4 Å². The minimum Gasteiger partial charge on any atom is -0.459 e.